The van der Waals surface area contributed by atoms with Crippen molar-refractivity contribution in [2.75, 3.05) is 67.0 Å². The highest BCUT2D eigenvalue weighted by molar-refractivity contribution is 5.73. The zero-order valence-corrected chi connectivity index (χ0v) is 22.6. The second kappa shape index (κ2) is 14.9. The SMILES string of the molecule is COCCN1CC(COC)C2(CCN(Cc3ccc4c(c3)OCO4)CC2)C1.O=C(O)C(F)(F)F.O=C(O)C(F)(F)F. The maximum Gasteiger partial charge on any atom is 0.490 e. The Morgan fingerprint density at radius 1 is 0.951 bits per heavy atom. The second-order valence-corrected chi connectivity index (χ2v) is 9.81. The molecule has 0 saturated carbocycles. The van der Waals surface area contributed by atoms with Gasteiger partial charge in [-0.15, -0.1) is 0 Å². The van der Waals surface area contributed by atoms with Gasteiger partial charge in [0.1, 0.15) is 0 Å². The number of ether oxygens (including phenoxy) is 4. The molecule has 0 bridgehead atoms. The summed E-state index contributed by atoms with van der Waals surface area (Å²) in [6.45, 7) is 8.64. The molecule has 10 nitrogen and oxygen atoms in total. The molecule has 0 aliphatic carbocycles. The Morgan fingerprint density at radius 3 is 2.02 bits per heavy atom. The molecule has 1 atom stereocenters. The zero-order chi connectivity index (χ0) is 30.8. The summed E-state index contributed by atoms with van der Waals surface area (Å²) in [6.07, 6.45) is -7.68. The summed E-state index contributed by atoms with van der Waals surface area (Å²) in [6, 6.07) is 6.32. The van der Waals surface area contributed by atoms with E-state index < -0.39 is 24.3 Å². The maximum absolute atomic E-state index is 10.6. The fourth-order valence-corrected chi connectivity index (χ4v) is 4.99. The van der Waals surface area contributed by atoms with Crippen LogP contribution < -0.4 is 9.47 Å². The molecule has 2 N–H and O–H groups in total. The van der Waals surface area contributed by atoms with Crippen LogP contribution in [0.5, 0.6) is 11.5 Å². The number of likely N-dealkylation sites (tertiary alicyclic amines) is 2. The van der Waals surface area contributed by atoms with Crippen molar-refractivity contribution in [2.24, 2.45) is 11.3 Å². The van der Waals surface area contributed by atoms with Crippen molar-refractivity contribution >= 4 is 11.9 Å². The summed E-state index contributed by atoms with van der Waals surface area (Å²) in [7, 11) is 3.62. The molecule has 0 radical (unpaired) electrons. The fraction of sp³-hybridized carbons (Fsp3) is 0.680. The van der Waals surface area contributed by atoms with Crippen molar-refractivity contribution in [1.29, 1.82) is 0 Å². The number of carboxylic acids is 2. The van der Waals surface area contributed by atoms with Crippen LogP contribution in [0.3, 0.4) is 0 Å². The van der Waals surface area contributed by atoms with Crippen molar-refractivity contribution in [1.82, 2.24) is 9.80 Å². The number of fused-ring (bicyclic) bond motifs is 1. The average molecular weight is 605 g/mol. The smallest absolute Gasteiger partial charge is 0.475 e. The van der Waals surface area contributed by atoms with Gasteiger partial charge < -0.3 is 34.1 Å². The number of alkyl halides is 6. The monoisotopic (exact) mass is 604 g/mol. The van der Waals surface area contributed by atoms with Crippen LogP contribution in [0.1, 0.15) is 18.4 Å². The van der Waals surface area contributed by atoms with E-state index in [4.69, 9.17) is 38.7 Å². The summed E-state index contributed by atoms with van der Waals surface area (Å²) >= 11 is 0. The molecule has 41 heavy (non-hydrogen) atoms. The van der Waals surface area contributed by atoms with E-state index in [0.29, 0.717) is 18.1 Å². The third-order valence-corrected chi connectivity index (χ3v) is 7.04. The van der Waals surface area contributed by atoms with Crippen LogP contribution in [0.2, 0.25) is 0 Å². The molecular formula is C25H34F6N2O8. The molecule has 1 aromatic rings. The van der Waals surface area contributed by atoms with Gasteiger partial charge in [-0.05, 0) is 49.0 Å². The molecule has 234 valence electrons. The van der Waals surface area contributed by atoms with Gasteiger partial charge in [0.2, 0.25) is 6.79 Å². The summed E-state index contributed by atoms with van der Waals surface area (Å²) in [5.74, 6) is -3.14. The van der Waals surface area contributed by atoms with Crippen LogP contribution in [0.4, 0.5) is 26.3 Å². The number of carboxylic acid groups (broad SMARTS) is 2. The van der Waals surface area contributed by atoms with Gasteiger partial charge in [0.15, 0.2) is 11.5 Å². The summed E-state index contributed by atoms with van der Waals surface area (Å²) in [5, 5.41) is 14.2. The number of hydrogen-bond acceptors (Lipinski definition) is 8. The number of aliphatic carboxylic acids is 2. The third kappa shape index (κ3) is 10.5. The van der Waals surface area contributed by atoms with E-state index in [-0.39, 0.29) is 0 Å². The van der Waals surface area contributed by atoms with Crippen LogP contribution in [0.25, 0.3) is 0 Å². The first-order valence-electron chi connectivity index (χ1n) is 12.5. The highest BCUT2D eigenvalue weighted by atomic mass is 19.4. The Bertz CT molecular complexity index is 975. The Labute approximate surface area is 232 Å². The Balaban J connectivity index is 0.000000349. The van der Waals surface area contributed by atoms with Crippen LogP contribution in [-0.4, -0.2) is 111 Å². The number of benzene rings is 1. The quantitative estimate of drug-likeness (QED) is 0.448. The number of nitrogens with zero attached hydrogens (tertiary/aromatic N) is 2. The molecule has 3 aliphatic rings. The molecule has 2 fully saturated rings. The standard InChI is InChI=1S/C21H32N2O4.2C2HF3O2/c1-24-10-9-23-13-18(14-25-2)21(15-23)5-7-22(8-6-21)12-17-3-4-19-20(11-17)27-16-26-19;2*3-2(4,5)1(6)7/h3-4,11,18H,5-10,12-16H2,1-2H3;2*(H,6,7). The van der Waals surface area contributed by atoms with E-state index in [1.54, 1.807) is 7.11 Å². The van der Waals surface area contributed by atoms with Crippen molar-refractivity contribution in [3.63, 3.8) is 0 Å². The van der Waals surface area contributed by atoms with Crippen LogP contribution in [0, 0.1) is 11.3 Å². The first-order chi connectivity index (χ1) is 19.1. The van der Waals surface area contributed by atoms with E-state index in [0.717, 1.165) is 57.4 Å². The molecule has 0 amide bonds. The average Bonchev–Trinajstić information content (AvgIpc) is 3.48. The lowest BCUT2D eigenvalue weighted by Crippen LogP contribution is -2.45. The zero-order valence-electron chi connectivity index (χ0n) is 22.6. The Kier molecular flexibility index (Phi) is 12.5. The minimum absolute atomic E-state index is 0.339. The lowest BCUT2D eigenvalue weighted by molar-refractivity contribution is -0.193. The predicted octanol–water partition coefficient (Wildman–Crippen LogP) is 3.49. The Hall–Kier alpha value is -2.82. The van der Waals surface area contributed by atoms with Gasteiger partial charge in [0.25, 0.3) is 0 Å². The second-order valence-electron chi connectivity index (χ2n) is 9.81. The summed E-state index contributed by atoms with van der Waals surface area (Å²) < 4.78 is 85.3. The lowest BCUT2D eigenvalue weighted by atomic mass is 9.71. The molecule has 4 rings (SSSR count). The molecule has 0 aromatic heterocycles. The summed E-state index contributed by atoms with van der Waals surface area (Å²) in [5.41, 5.74) is 1.70. The molecular weight excluding hydrogens is 570 g/mol. The molecule has 1 unspecified atom stereocenters. The molecule has 1 spiro atoms. The van der Waals surface area contributed by atoms with Crippen LogP contribution in [0.15, 0.2) is 18.2 Å². The number of piperidine rings is 1. The van der Waals surface area contributed by atoms with Crippen molar-refractivity contribution < 1.29 is 65.1 Å². The first-order valence-corrected chi connectivity index (χ1v) is 12.5. The number of rotatable bonds is 7. The minimum atomic E-state index is -5.08. The number of methoxy groups -OCH3 is 2. The molecule has 16 heteroatoms. The Morgan fingerprint density at radius 2 is 1.51 bits per heavy atom. The lowest BCUT2D eigenvalue weighted by Gasteiger charge is -2.42. The topological polar surface area (TPSA) is 118 Å². The van der Waals surface area contributed by atoms with Gasteiger partial charge in [-0.1, -0.05) is 6.07 Å². The fourth-order valence-electron chi connectivity index (χ4n) is 4.99. The predicted molar refractivity (Wildman–Crippen MR) is 131 cm³/mol. The van der Waals surface area contributed by atoms with E-state index in [1.165, 1.54) is 24.9 Å². The van der Waals surface area contributed by atoms with E-state index >= 15 is 0 Å². The van der Waals surface area contributed by atoms with Gasteiger partial charge in [0, 0.05) is 46.3 Å². The van der Waals surface area contributed by atoms with Crippen LogP contribution >= 0.6 is 0 Å². The third-order valence-electron chi connectivity index (χ3n) is 7.04. The van der Waals surface area contributed by atoms with E-state index in [1.807, 2.05) is 13.2 Å². The highest BCUT2D eigenvalue weighted by Crippen LogP contribution is 2.45. The number of halogens is 6. The van der Waals surface area contributed by atoms with Crippen molar-refractivity contribution in [3.05, 3.63) is 23.8 Å². The van der Waals surface area contributed by atoms with Gasteiger partial charge in [-0.25, -0.2) is 9.59 Å². The first kappa shape index (κ1) is 34.4. The molecule has 3 aliphatic heterocycles. The summed E-state index contributed by atoms with van der Waals surface area (Å²) in [4.78, 5) is 22.9. The van der Waals surface area contributed by atoms with Crippen LogP contribution in [-0.2, 0) is 25.6 Å². The molecule has 1 aromatic carbocycles. The maximum atomic E-state index is 10.6. The van der Waals surface area contributed by atoms with Gasteiger partial charge in [0.05, 0.1) is 13.2 Å². The highest BCUT2D eigenvalue weighted by Gasteiger charge is 2.47. The van der Waals surface area contributed by atoms with Crippen molar-refractivity contribution in [3.8, 4) is 11.5 Å². The van der Waals surface area contributed by atoms with Gasteiger partial charge >= 0.3 is 24.3 Å². The van der Waals surface area contributed by atoms with Gasteiger partial charge in [-0.2, -0.15) is 26.3 Å². The minimum Gasteiger partial charge on any atom is -0.475 e. The number of hydrogen-bond donors (Lipinski definition) is 2. The van der Waals surface area contributed by atoms with Gasteiger partial charge in [-0.3, -0.25) is 4.90 Å². The normalized spacial score (nSPS) is 20.1. The molecule has 2 saturated heterocycles. The van der Waals surface area contributed by atoms with E-state index in [2.05, 4.69) is 21.9 Å². The largest absolute Gasteiger partial charge is 0.490 e. The molecule has 3 heterocycles. The van der Waals surface area contributed by atoms with E-state index in [9.17, 15) is 26.3 Å². The van der Waals surface area contributed by atoms with Crippen molar-refractivity contribution in [2.45, 2.75) is 31.7 Å². The number of carbonyl (C=O) groups is 2.